The number of nitrogens with zero attached hydrogens (tertiary/aromatic N) is 1. The molecule has 0 heterocycles. The van der Waals surface area contributed by atoms with Gasteiger partial charge in [-0.3, -0.25) is 4.79 Å². The first-order chi connectivity index (χ1) is 10.1. The summed E-state index contributed by atoms with van der Waals surface area (Å²) < 4.78 is 5.55. The van der Waals surface area contributed by atoms with Crippen LogP contribution in [0.1, 0.15) is 38.2 Å². The number of hydrogen-bond acceptors (Lipinski definition) is 4. The van der Waals surface area contributed by atoms with Crippen molar-refractivity contribution in [2.24, 2.45) is 0 Å². The molecule has 1 aromatic carbocycles. The Hall–Kier alpha value is -2.06. The Morgan fingerprint density at radius 2 is 2.05 bits per heavy atom. The van der Waals surface area contributed by atoms with Crippen LogP contribution in [0.2, 0.25) is 0 Å². The molecule has 1 aromatic rings. The molecule has 0 aliphatic heterocycles. The fourth-order valence-electron chi connectivity index (χ4n) is 2.45. The molecular weight excluding hydrogens is 268 g/mol. The van der Waals surface area contributed by atoms with Crippen molar-refractivity contribution in [1.29, 1.82) is 5.26 Å². The maximum Gasteiger partial charge on any atom is 0.261 e. The maximum absolute atomic E-state index is 12.1. The Morgan fingerprint density at radius 3 is 2.67 bits per heavy atom. The Morgan fingerprint density at radius 1 is 1.38 bits per heavy atom. The molecule has 2 rings (SSSR count). The number of amides is 1. The Kier molecular flexibility index (Phi) is 5.18. The van der Waals surface area contributed by atoms with Crippen LogP contribution >= 0.6 is 0 Å². The van der Waals surface area contributed by atoms with Crippen LogP contribution in [0.25, 0.3) is 0 Å². The first-order valence-corrected chi connectivity index (χ1v) is 7.25. The lowest BCUT2D eigenvalue weighted by Gasteiger charge is -2.29. The third-order valence-corrected chi connectivity index (χ3v) is 3.72. The van der Waals surface area contributed by atoms with Gasteiger partial charge >= 0.3 is 0 Å². The van der Waals surface area contributed by atoms with Crippen molar-refractivity contribution in [1.82, 2.24) is 5.32 Å². The van der Waals surface area contributed by atoms with E-state index in [4.69, 9.17) is 10.00 Å². The first kappa shape index (κ1) is 15.3. The number of carbonyl (C=O) groups is 1. The molecule has 1 fully saturated rings. The molecular formula is C16H20N2O3. The van der Waals surface area contributed by atoms with E-state index in [9.17, 15) is 9.90 Å². The molecule has 21 heavy (non-hydrogen) atoms. The molecule has 3 atom stereocenters. The minimum atomic E-state index is -0.646. The van der Waals surface area contributed by atoms with Gasteiger partial charge in [-0.1, -0.05) is 12.8 Å². The summed E-state index contributed by atoms with van der Waals surface area (Å²) >= 11 is 0. The van der Waals surface area contributed by atoms with E-state index in [-0.39, 0.29) is 11.9 Å². The molecule has 0 aromatic heterocycles. The van der Waals surface area contributed by atoms with Gasteiger partial charge in [0, 0.05) is 0 Å². The Labute approximate surface area is 124 Å². The summed E-state index contributed by atoms with van der Waals surface area (Å²) in [6.45, 7) is 1.67. The summed E-state index contributed by atoms with van der Waals surface area (Å²) in [6, 6.07) is 8.46. The van der Waals surface area contributed by atoms with Gasteiger partial charge in [0.1, 0.15) is 5.75 Å². The van der Waals surface area contributed by atoms with Crippen molar-refractivity contribution in [2.75, 3.05) is 0 Å². The van der Waals surface area contributed by atoms with E-state index in [0.29, 0.717) is 11.3 Å². The standard InChI is InChI=1S/C16H20N2O3/c1-11(21-13-8-6-12(10-17)7-9-13)16(20)18-14-4-2-3-5-15(14)19/h6-9,11,14-15,19H,2-5H2,1H3,(H,18,20). The molecule has 0 radical (unpaired) electrons. The number of hydrogen-bond donors (Lipinski definition) is 2. The lowest BCUT2D eigenvalue weighted by molar-refractivity contribution is -0.129. The van der Waals surface area contributed by atoms with Gasteiger partial charge < -0.3 is 15.2 Å². The number of aliphatic hydroxyl groups is 1. The van der Waals surface area contributed by atoms with Gasteiger partial charge in [0.2, 0.25) is 0 Å². The van der Waals surface area contributed by atoms with Crippen LogP contribution in [0.15, 0.2) is 24.3 Å². The quantitative estimate of drug-likeness (QED) is 0.884. The average molecular weight is 288 g/mol. The van der Waals surface area contributed by atoms with Crippen molar-refractivity contribution in [3.8, 4) is 11.8 Å². The van der Waals surface area contributed by atoms with E-state index in [1.807, 2.05) is 6.07 Å². The highest BCUT2D eigenvalue weighted by Crippen LogP contribution is 2.19. The predicted molar refractivity (Wildman–Crippen MR) is 77.7 cm³/mol. The molecule has 1 aliphatic rings. The molecule has 2 N–H and O–H groups in total. The largest absolute Gasteiger partial charge is 0.481 e. The monoisotopic (exact) mass is 288 g/mol. The average Bonchev–Trinajstić information content (AvgIpc) is 2.50. The van der Waals surface area contributed by atoms with Crippen LogP contribution in [0, 0.1) is 11.3 Å². The molecule has 0 spiro atoms. The Balaban J connectivity index is 1.88. The summed E-state index contributed by atoms with van der Waals surface area (Å²) in [5, 5.41) is 21.4. The molecule has 1 saturated carbocycles. The van der Waals surface area contributed by atoms with Gasteiger partial charge in [-0.2, -0.15) is 5.26 Å². The van der Waals surface area contributed by atoms with Gasteiger partial charge in [-0.15, -0.1) is 0 Å². The highest BCUT2D eigenvalue weighted by molar-refractivity contribution is 5.81. The zero-order chi connectivity index (χ0) is 15.2. The van der Waals surface area contributed by atoms with Crippen LogP contribution in [0.4, 0.5) is 0 Å². The Bertz CT molecular complexity index is 521. The van der Waals surface area contributed by atoms with Crippen molar-refractivity contribution in [3.63, 3.8) is 0 Å². The normalized spacial score (nSPS) is 22.9. The smallest absolute Gasteiger partial charge is 0.261 e. The molecule has 0 bridgehead atoms. The van der Waals surface area contributed by atoms with E-state index in [2.05, 4.69) is 5.32 Å². The molecule has 112 valence electrons. The lowest BCUT2D eigenvalue weighted by Crippen LogP contribution is -2.49. The minimum absolute atomic E-state index is 0.182. The second-order valence-electron chi connectivity index (χ2n) is 5.36. The number of nitrogens with one attached hydrogen (secondary N) is 1. The van der Waals surface area contributed by atoms with E-state index < -0.39 is 12.2 Å². The van der Waals surface area contributed by atoms with Crippen molar-refractivity contribution in [2.45, 2.75) is 50.9 Å². The lowest BCUT2D eigenvalue weighted by atomic mass is 9.92. The highest BCUT2D eigenvalue weighted by atomic mass is 16.5. The summed E-state index contributed by atoms with van der Waals surface area (Å²) in [5.41, 5.74) is 0.546. The number of rotatable bonds is 4. The number of nitriles is 1. The summed E-state index contributed by atoms with van der Waals surface area (Å²) in [7, 11) is 0. The number of carbonyl (C=O) groups excluding carboxylic acids is 1. The number of aliphatic hydroxyl groups excluding tert-OH is 1. The number of ether oxygens (including phenoxy) is 1. The maximum atomic E-state index is 12.1. The summed E-state index contributed by atoms with van der Waals surface area (Å²) in [4.78, 5) is 12.1. The second kappa shape index (κ2) is 7.09. The van der Waals surface area contributed by atoms with Crippen LogP contribution < -0.4 is 10.1 Å². The second-order valence-corrected chi connectivity index (χ2v) is 5.36. The van der Waals surface area contributed by atoms with Crippen molar-refractivity contribution >= 4 is 5.91 Å². The van der Waals surface area contributed by atoms with E-state index in [0.717, 1.165) is 25.7 Å². The first-order valence-electron chi connectivity index (χ1n) is 7.25. The number of benzene rings is 1. The van der Waals surface area contributed by atoms with Gasteiger partial charge in [-0.25, -0.2) is 0 Å². The molecule has 0 saturated heterocycles. The van der Waals surface area contributed by atoms with E-state index >= 15 is 0 Å². The van der Waals surface area contributed by atoms with Gasteiger partial charge in [-0.05, 0) is 44.0 Å². The van der Waals surface area contributed by atoms with Gasteiger partial charge in [0.05, 0.1) is 23.8 Å². The summed E-state index contributed by atoms with van der Waals surface area (Å²) in [5.74, 6) is 0.311. The van der Waals surface area contributed by atoms with Crippen molar-refractivity contribution < 1.29 is 14.6 Å². The van der Waals surface area contributed by atoms with Gasteiger partial charge in [0.15, 0.2) is 6.10 Å². The third kappa shape index (κ3) is 4.20. The van der Waals surface area contributed by atoms with Crippen LogP contribution in [-0.4, -0.2) is 29.3 Å². The fraction of sp³-hybridized carbons (Fsp3) is 0.500. The SMILES string of the molecule is CC(Oc1ccc(C#N)cc1)C(=O)NC1CCCCC1O. The molecule has 3 unspecified atom stereocenters. The van der Waals surface area contributed by atoms with Gasteiger partial charge in [0.25, 0.3) is 5.91 Å². The van der Waals surface area contributed by atoms with E-state index in [1.54, 1.807) is 31.2 Å². The molecule has 1 aliphatic carbocycles. The van der Waals surface area contributed by atoms with E-state index in [1.165, 1.54) is 0 Å². The fourth-order valence-corrected chi connectivity index (χ4v) is 2.45. The summed E-state index contributed by atoms with van der Waals surface area (Å²) in [6.07, 6.45) is 2.45. The topological polar surface area (TPSA) is 82.3 Å². The van der Waals surface area contributed by atoms with Crippen LogP contribution in [0.3, 0.4) is 0 Å². The third-order valence-electron chi connectivity index (χ3n) is 3.72. The molecule has 5 heteroatoms. The molecule has 1 amide bonds. The van der Waals surface area contributed by atoms with Crippen molar-refractivity contribution in [3.05, 3.63) is 29.8 Å². The minimum Gasteiger partial charge on any atom is -0.481 e. The van der Waals surface area contributed by atoms with Crippen LogP contribution in [0.5, 0.6) is 5.75 Å². The van der Waals surface area contributed by atoms with Crippen LogP contribution in [-0.2, 0) is 4.79 Å². The zero-order valence-electron chi connectivity index (χ0n) is 12.1. The predicted octanol–water partition coefficient (Wildman–Crippen LogP) is 1.75. The zero-order valence-corrected chi connectivity index (χ0v) is 12.1. The highest BCUT2D eigenvalue weighted by Gasteiger charge is 2.26. The molecule has 5 nitrogen and oxygen atoms in total.